The van der Waals surface area contributed by atoms with Crippen molar-refractivity contribution < 1.29 is 12.8 Å². The van der Waals surface area contributed by atoms with Crippen LogP contribution in [0.5, 0.6) is 0 Å². The summed E-state index contributed by atoms with van der Waals surface area (Å²) in [5, 5.41) is 1.26. The van der Waals surface area contributed by atoms with Gasteiger partial charge >= 0.3 is 0 Å². The lowest BCUT2D eigenvalue weighted by molar-refractivity contribution is 0.520. The minimum absolute atomic E-state index is 0.0214. The Morgan fingerprint density at radius 1 is 1.34 bits per heavy atom. The van der Waals surface area contributed by atoms with Crippen molar-refractivity contribution >= 4 is 32.5 Å². The third kappa shape index (κ3) is 3.93. The highest BCUT2D eigenvalue weighted by molar-refractivity contribution is 7.89. The number of hydrogen-bond acceptors (Lipinski definition) is 4. The standard InChI is InChI=1S/C20H22ClFN4O2S/c1-13-19(14-9-16(11-24-10-14)29(27,28)25(2)3)17-5-4-6-18(21)20(17)26(13)12-15(22)7-8-23/h4-7,9-11H,8,12,23H2,1-3H3/b15-7-. The first-order valence-electron chi connectivity index (χ1n) is 8.88. The van der Waals surface area contributed by atoms with Gasteiger partial charge in [0.05, 0.1) is 17.1 Å². The monoisotopic (exact) mass is 436 g/mol. The van der Waals surface area contributed by atoms with Crippen LogP contribution in [0.15, 0.2) is 53.5 Å². The largest absolute Gasteiger partial charge is 0.336 e. The summed E-state index contributed by atoms with van der Waals surface area (Å²) < 4.78 is 42.2. The summed E-state index contributed by atoms with van der Waals surface area (Å²) in [4.78, 5) is 4.21. The molecule has 6 nitrogen and oxygen atoms in total. The molecule has 2 aromatic heterocycles. The van der Waals surface area contributed by atoms with Crippen LogP contribution in [0.1, 0.15) is 5.69 Å². The fourth-order valence-electron chi connectivity index (χ4n) is 3.30. The Morgan fingerprint density at radius 3 is 2.72 bits per heavy atom. The lowest BCUT2D eigenvalue weighted by Crippen LogP contribution is -2.22. The molecule has 0 saturated heterocycles. The van der Waals surface area contributed by atoms with Gasteiger partial charge in [-0.1, -0.05) is 23.7 Å². The predicted molar refractivity (Wildman–Crippen MR) is 114 cm³/mol. The Kier molecular flexibility index (Phi) is 6.09. The van der Waals surface area contributed by atoms with E-state index in [9.17, 15) is 12.8 Å². The Balaban J connectivity index is 2.28. The topological polar surface area (TPSA) is 81.2 Å². The number of sulfonamides is 1. The normalized spacial score (nSPS) is 12.9. The number of para-hydroxylation sites is 1. The van der Waals surface area contributed by atoms with Crippen molar-refractivity contribution in [3.05, 3.63) is 59.3 Å². The van der Waals surface area contributed by atoms with Gasteiger partial charge in [-0.15, -0.1) is 0 Å². The second-order valence-corrected chi connectivity index (χ2v) is 9.33. The number of pyridine rings is 1. The molecular weight excluding hydrogens is 415 g/mol. The van der Waals surface area contributed by atoms with E-state index in [4.69, 9.17) is 17.3 Å². The molecule has 29 heavy (non-hydrogen) atoms. The fraction of sp³-hybridized carbons (Fsp3) is 0.250. The lowest BCUT2D eigenvalue weighted by atomic mass is 10.0. The van der Waals surface area contributed by atoms with Gasteiger partial charge in [-0.05, 0) is 25.1 Å². The van der Waals surface area contributed by atoms with E-state index in [1.807, 2.05) is 13.0 Å². The van der Waals surface area contributed by atoms with Crippen molar-refractivity contribution in [1.82, 2.24) is 13.9 Å². The van der Waals surface area contributed by atoms with Crippen molar-refractivity contribution in [3.63, 3.8) is 0 Å². The third-order valence-electron chi connectivity index (χ3n) is 4.72. The zero-order chi connectivity index (χ0) is 21.3. The summed E-state index contributed by atoms with van der Waals surface area (Å²) >= 11 is 6.44. The van der Waals surface area contributed by atoms with Gasteiger partial charge in [-0.3, -0.25) is 4.98 Å². The highest BCUT2D eigenvalue weighted by Crippen LogP contribution is 2.38. The Morgan fingerprint density at radius 2 is 2.07 bits per heavy atom. The Bertz CT molecular complexity index is 1200. The fourth-order valence-corrected chi connectivity index (χ4v) is 4.47. The van der Waals surface area contributed by atoms with E-state index in [1.54, 1.807) is 29.0 Å². The van der Waals surface area contributed by atoms with Crippen LogP contribution in [0.2, 0.25) is 5.02 Å². The second-order valence-electron chi connectivity index (χ2n) is 6.77. The summed E-state index contributed by atoms with van der Waals surface area (Å²) in [6.45, 7) is 1.92. The molecule has 0 saturated carbocycles. The number of halogens is 2. The van der Waals surface area contributed by atoms with E-state index in [0.717, 1.165) is 20.9 Å². The maximum Gasteiger partial charge on any atom is 0.244 e. The molecule has 0 amide bonds. The number of aromatic nitrogens is 2. The maximum absolute atomic E-state index is 14.3. The summed E-state index contributed by atoms with van der Waals surface area (Å²) in [6, 6.07) is 6.98. The zero-order valence-corrected chi connectivity index (χ0v) is 17.9. The van der Waals surface area contributed by atoms with Crippen molar-refractivity contribution in [2.75, 3.05) is 20.6 Å². The van der Waals surface area contributed by atoms with Crippen molar-refractivity contribution in [1.29, 1.82) is 0 Å². The van der Waals surface area contributed by atoms with E-state index in [0.29, 0.717) is 16.1 Å². The van der Waals surface area contributed by atoms with Gasteiger partial charge in [0.1, 0.15) is 10.7 Å². The molecule has 2 heterocycles. The molecule has 9 heteroatoms. The van der Waals surface area contributed by atoms with E-state index < -0.39 is 10.0 Å². The highest BCUT2D eigenvalue weighted by atomic mass is 35.5. The van der Waals surface area contributed by atoms with Crippen LogP contribution < -0.4 is 5.73 Å². The molecule has 154 valence electrons. The molecular formula is C20H22ClFN4O2S. The SMILES string of the molecule is Cc1c(-c2cncc(S(=O)(=O)N(C)C)c2)c2cccc(Cl)c2n1C/C(F)=C/CN. The molecule has 0 aliphatic rings. The van der Waals surface area contributed by atoms with Gasteiger partial charge in [-0.25, -0.2) is 17.1 Å². The van der Waals surface area contributed by atoms with Crippen LogP contribution in [0.4, 0.5) is 4.39 Å². The van der Waals surface area contributed by atoms with E-state index >= 15 is 0 Å². The van der Waals surface area contributed by atoms with E-state index in [2.05, 4.69) is 4.98 Å². The van der Waals surface area contributed by atoms with Crippen molar-refractivity contribution in [2.24, 2.45) is 5.73 Å². The van der Waals surface area contributed by atoms with Gasteiger partial charge in [0.25, 0.3) is 0 Å². The number of nitrogens with two attached hydrogens (primary N) is 1. The molecule has 1 aromatic carbocycles. The smallest absolute Gasteiger partial charge is 0.244 e. The average molecular weight is 437 g/mol. The van der Waals surface area contributed by atoms with E-state index in [-0.39, 0.29) is 23.8 Å². The third-order valence-corrected chi connectivity index (χ3v) is 6.81. The van der Waals surface area contributed by atoms with Gasteiger partial charge in [0, 0.05) is 55.2 Å². The molecule has 2 N–H and O–H groups in total. The number of fused-ring (bicyclic) bond motifs is 1. The first-order valence-corrected chi connectivity index (χ1v) is 10.7. The molecule has 0 bridgehead atoms. The van der Waals surface area contributed by atoms with Gasteiger partial charge < -0.3 is 10.3 Å². The molecule has 0 atom stereocenters. The zero-order valence-electron chi connectivity index (χ0n) is 16.4. The summed E-state index contributed by atoms with van der Waals surface area (Å²) in [5.41, 5.74) is 8.20. The van der Waals surface area contributed by atoms with Gasteiger partial charge in [0.2, 0.25) is 10.0 Å². The second kappa shape index (κ2) is 8.23. The summed E-state index contributed by atoms with van der Waals surface area (Å²) in [7, 11) is -0.719. The summed E-state index contributed by atoms with van der Waals surface area (Å²) in [5.74, 6) is -0.374. The number of rotatable bonds is 6. The number of allylic oxidation sites excluding steroid dienone is 1. The van der Waals surface area contributed by atoms with Crippen LogP contribution in [0.3, 0.4) is 0 Å². The first-order chi connectivity index (χ1) is 13.7. The highest BCUT2D eigenvalue weighted by Gasteiger charge is 2.22. The van der Waals surface area contributed by atoms with Crippen LogP contribution >= 0.6 is 11.6 Å². The van der Waals surface area contributed by atoms with Gasteiger partial charge in [0.15, 0.2) is 0 Å². The van der Waals surface area contributed by atoms with Gasteiger partial charge in [-0.2, -0.15) is 0 Å². The molecule has 0 aliphatic carbocycles. The predicted octanol–water partition coefficient (Wildman–Crippen LogP) is 3.73. The van der Waals surface area contributed by atoms with Crippen molar-refractivity contribution in [2.45, 2.75) is 18.4 Å². The van der Waals surface area contributed by atoms with Crippen LogP contribution in [0, 0.1) is 6.92 Å². The lowest BCUT2D eigenvalue weighted by Gasteiger charge is -2.12. The molecule has 3 aromatic rings. The van der Waals surface area contributed by atoms with Crippen LogP contribution in [0.25, 0.3) is 22.0 Å². The minimum atomic E-state index is -3.65. The molecule has 0 fully saturated rings. The molecule has 0 unspecified atom stereocenters. The number of benzene rings is 1. The molecule has 0 spiro atoms. The van der Waals surface area contributed by atoms with Crippen LogP contribution in [-0.2, 0) is 16.6 Å². The Labute approximate surface area is 174 Å². The van der Waals surface area contributed by atoms with E-state index in [1.165, 1.54) is 26.4 Å². The van der Waals surface area contributed by atoms with Crippen molar-refractivity contribution in [3.8, 4) is 11.1 Å². The number of hydrogen-bond donors (Lipinski definition) is 1. The molecule has 0 aliphatic heterocycles. The van der Waals surface area contributed by atoms with Crippen LogP contribution in [-0.4, -0.2) is 42.9 Å². The summed E-state index contributed by atoms with van der Waals surface area (Å²) in [6.07, 6.45) is 4.21. The number of nitrogens with zero attached hydrogens (tertiary/aromatic N) is 3. The molecule has 3 rings (SSSR count). The quantitative estimate of drug-likeness (QED) is 0.638. The maximum atomic E-state index is 14.3. The first kappa shape index (κ1) is 21.4. The molecule has 0 radical (unpaired) electrons. The minimum Gasteiger partial charge on any atom is -0.336 e. The average Bonchev–Trinajstić information content (AvgIpc) is 2.94. The Hall–Kier alpha value is -2.26.